The number of ether oxygens (including phenoxy) is 1. The number of hydrogen-bond donors (Lipinski definition) is 0. The molecule has 0 aromatic carbocycles. The average Bonchev–Trinajstić information content (AvgIpc) is 1.59. The van der Waals surface area contributed by atoms with Crippen LogP contribution < -0.4 is 0 Å². The monoisotopic (exact) mass is 142 g/mol. The smallest absolute Gasteiger partial charge is 0.0602 e. The summed E-state index contributed by atoms with van der Waals surface area (Å²) < 4.78 is 5.61. The standard InChI is InChI=1S/C9H18O/c1-6-7-8(2)10-9(3,4)5/h6,8H,1,7H2,2-5H3. The lowest BCUT2D eigenvalue weighted by Crippen LogP contribution is -2.24. The third-order valence-corrected chi connectivity index (χ3v) is 1.05. The largest absolute Gasteiger partial charge is 0.373 e. The number of hydrogen-bond acceptors (Lipinski definition) is 1. The first-order valence-corrected chi connectivity index (χ1v) is 3.74. The van der Waals surface area contributed by atoms with Crippen molar-refractivity contribution in [3.8, 4) is 0 Å². The summed E-state index contributed by atoms with van der Waals surface area (Å²) in [6.07, 6.45) is 3.10. The van der Waals surface area contributed by atoms with Crippen molar-refractivity contribution in [3.05, 3.63) is 12.7 Å². The van der Waals surface area contributed by atoms with Crippen LogP contribution in [0.5, 0.6) is 0 Å². The molecule has 0 aliphatic heterocycles. The lowest BCUT2D eigenvalue weighted by atomic mass is 10.1. The van der Waals surface area contributed by atoms with E-state index in [1.54, 1.807) is 0 Å². The van der Waals surface area contributed by atoms with Gasteiger partial charge in [0.05, 0.1) is 11.7 Å². The van der Waals surface area contributed by atoms with Crippen molar-refractivity contribution >= 4 is 0 Å². The second-order valence-corrected chi connectivity index (χ2v) is 3.57. The zero-order chi connectivity index (χ0) is 8.20. The zero-order valence-electron chi connectivity index (χ0n) is 7.48. The van der Waals surface area contributed by atoms with Gasteiger partial charge in [0.2, 0.25) is 0 Å². The molecule has 0 N–H and O–H groups in total. The summed E-state index contributed by atoms with van der Waals surface area (Å²) in [5, 5.41) is 0. The van der Waals surface area contributed by atoms with Gasteiger partial charge in [-0.1, -0.05) is 6.08 Å². The third-order valence-electron chi connectivity index (χ3n) is 1.05. The van der Waals surface area contributed by atoms with E-state index in [1.165, 1.54) is 0 Å². The fourth-order valence-corrected chi connectivity index (χ4v) is 0.886. The van der Waals surface area contributed by atoms with Crippen LogP contribution in [0.2, 0.25) is 0 Å². The molecular formula is C9H18O. The molecule has 0 aliphatic carbocycles. The SMILES string of the molecule is C=CCC(C)OC(C)(C)C. The molecule has 60 valence electrons. The molecule has 0 saturated carbocycles. The minimum atomic E-state index is -0.0254. The summed E-state index contributed by atoms with van der Waals surface area (Å²) in [6, 6.07) is 0. The summed E-state index contributed by atoms with van der Waals surface area (Å²) in [7, 11) is 0. The Labute approximate surface area is 64.1 Å². The molecule has 0 bridgehead atoms. The van der Waals surface area contributed by atoms with Crippen LogP contribution in [-0.4, -0.2) is 11.7 Å². The van der Waals surface area contributed by atoms with Crippen molar-refractivity contribution in [3.63, 3.8) is 0 Å². The zero-order valence-corrected chi connectivity index (χ0v) is 7.48. The van der Waals surface area contributed by atoms with Crippen molar-refractivity contribution in [1.82, 2.24) is 0 Å². The minimum absolute atomic E-state index is 0.0254. The van der Waals surface area contributed by atoms with Gasteiger partial charge in [-0.05, 0) is 34.1 Å². The van der Waals surface area contributed by atoms with E-state index in [1.807, 2.05) is 6.08 Å². The van der Waals surface area contributed by atoms with Gasteiger partial charge in [-0.2, -0.15) is 0 Å². The Morgan fingerprint density at radius 1 is 1.50 bits per heavy atom. The van der Waals surface area contributed by atoms with Crippen LogP contribution in [0.4, 0.5) is 0 Å². The van der Waals surface area contributed by atoms with Gasteiger partial charge in [0.1, 0.15) is 0 Å². The van der Waals surface area contributed by atoms with Crippen LogP contribution >= 0.6 is 0 Å². The van der Waals surface area contributed by atoms with E-state index in [0.29, 0.717) is 0 Å². The van der Waals surface area contributed by atoms with Gasteiger partial charge in [-0.25, -0.2) is 0 Å². The van der Waals surface area contributed by atoms with Crippen LogP contribution in [0.1, 0.15) is 34.1 Å². The predicted molar refractivity (Wildman–Crippen MR) is 45.1 cm³/mol. The van der Waals surface area contributed by atoms with E-state index in [-0.39, 0.29) is 11.7 Å². The molecule has 0 spiro atoms. The normalized spacial score (nSPS) is 14.8. The summed E-state index contributed by atoms with van der Waals surface area (Å²) in [5.74, 6) is 0. The Hall–Kier alpha value is -0.300. The molecule has 1 unspecified atom stereocenters. The third kappa shape index (κ3) is 5.83. The van der Waals surface area contributed by atoms with Crippen molar-refractivity contribution in [1.29, 1.82) is 0 Å². The second-order valence-electron chi connectivity index (χ2n) is 3.57. The van der Waals surface area contributed by atoms with E-state index >= 15 is 0 Å². The second kappa shape index (κ2) is 3.77. The predicted octanol–water partition coefficient (Wildman–Crippen LogP) is 2.77. The highest BCUT2D eigenvalue weighted by Gasteiger charge is 2.13. The summed E-state index contributed by atoms with van der Waals surface area (Å²) >= 11 is 0. The molecule has 0 radical (unpaired) electrons. The Balaban J connectivity index is 3.56. The first kappa shape index (κ1) is 9.70. The molecule has 1 atom stereocenters. The van der Waals surface area contributed by atoms with Crippen molar-refractivity contribution in [2.75, 3.05) is 0 Å². The maximum atomic E-state index is 5.61. The molecule has 0 fully saturated rings. The summed E-state index contributed by atoms with van der Waals surface area (Å²) in [6.45, 7) is 11.9. The molecule has 0 saturated heterocycles. The van der Waals surface area contributed by atoms with Gasteiger partial charge >= 0.3 is 0 Å². The lowest BCUT2D eigenvalue weighted by molar-refractivity contribution is -0.0493. The molecule has 1 nitrogen and oxygen atoms in total. The Morgan fingerprint density at radius 3 is 2.30 bits per heavy atom. The van der Waals surface area contributed by atoms with E-state index in [9.17, 15) is 0 Å². The quantitative estimate of drug-likeness (QED) is 0.550. The van der Waals surface area contributed by atoms with Gasteiger partial charge in [0.25, 0.3) is 0 Å². The van der Waals surface area contributed by atoms with Crippen LogP contribution in [0, 0.1) is 0 Å². The first-order chi connectivity index (χ1) is 4.45. The van der Waals surface area contributed by atoms with Gasteiger partial charge in [0.15, 0.2) is 0 Å². The summed E-state index contributed by atoms with van der Waals surface area (Å²) in [5.41, 5.74) is -0.0254. The van der Waals surface area contributed by atoms with Crippen LogP contribution in [-0.2, 0) is 4.74 Å². The fraction of sp³-hybridized carbons (Fsp3) is 0.778. The molecule has 1 heteroatoms. The Kier molecular flexibility index (Phi) is 3.66. The molecule has 0 aromatic rings. The molecular weight excluding hydrogens is 124 g/mol. The van der Waals surface area contributed by atoms with Crippen LogP contribution in [0.25, 0.3) is 0 Å². The highest BCUT2D eigenvalue weighted by atomic mass is 16.5. The topological polar surface area (TPSA) is 9.23 Å². The molecule has 0 heterocycles. The van der Waals surface area contributed by atoms with Crippen molar-refractivity contribution in [2.24, 2.45) is 0 Å². The van der Waals surface area contributed by atoms with Crippen LogP contribution in [0.15, 0.2) is 12.7 Å². The minimum Gasteiger partial charge on any atom is -0.373 e. The van der Waals surface area contributed by atoms with E-state index in [4.69, 9.17) is 4.74 Å². The molecule has 0 aromatic heterocycles. The van der Waals surface area contributed by atoms with Crippen molar-refractivity contribution < 1.29 is 4.74 Å². The van der Waals surface area contributed by atoms with Crippen LogP contribution in [0.3, 0.4) is 0 Å². The fourth-order valence-electron chi connectivity index (χ4n) is 0.886. The highest BCUT2D eigenvalue weighted by molar-refractivity contribution is 4.72. The van der Waals surface area contributed by atoms with Crippen molar-refractivity contribution in [2.45, 2.75) is 45.8 Å². The summed E-state index contributed by atoms with van der Waals surface area (Å²) in [4.78, 5) is 0. The molecule has 0 rings (SSSR count). The average molecular weight is 142 g/mol. The van der Waals surface area contributed by atoms with E-state index in [2.05, 4.69) is 34.3 Å². The van der Waals surface area contributed by atoms with Gasteiger partial charge in [-0.3, -0.25) is 0 Å². The van der Waals surface area contributed by atoms with E-state index < -0.39 is 0 Å². The van der Waals surface area contributed by atoms with Gasteiger partial charge in [-0.15, -0.1) is 6.58 Å². The highest BCUT2D eigenvalue weighted by Crippen LogP contribution is 2.12. The molecule has 0 amide bonds. The molecule has 10 heavy (non-hydrogen) atoms. The van der Waals surface area contributed by atoms with Gasteiger partial charge in [0, 0.05) is 0 Å². The van der Waals surface area contributed by atoms with Gasteiger partial charge < -0.3 is 4.74 Å². The number of rotatable bonds is 3. The maximum Gasteiger partial charge on any atom is 0.0602 e. The Bertz CT molecular complexity index is 99.8. The molecule has 0 aliphatic rings. The van der Waals surface area contributed by atoms with E-state index in [0.717, 1.165) is 6.42 Å². The maximum absolute atomic E-state index is 5.61. The first-order valence-electron chi connectivity index (χ1n) is 3.74. The lowest BCUT2D eigenvalue weighted by Gasteiger charge is -2.24. The Morgan fingerprint density at radius 2 is 2.00 bits per heavy atom.